The van der Waals surface area contributed by atoms with E-state index in [-0.39, 0.29) is 0 Å². The van der Waals surface area contributed by atoms with Crippen LogP contribution in [0, 0.1) is 0 Å². The molecule has 0 aliphatic rings. The van der Waals surface area contributed by atoms with Crippen molar-refractivity contribution < 1.29 is 9.90 Å². The van der Waals surface area contributed by atoms with Crippen molar-refractivity contribution in [2.24, 2.45) is 0 Å². The fourth-order valence-electron chi connectivity index (χ4n) is 2.28. The Hall–Kier alpha value is -1.84. The summed E-state index contributed by atoms with van der Waals surface area (Å²) in [6.07, 6.45) is 0.708. The predicted octanol–water partition coefficient (Wildman–Crippen LogP) is 3.71. The molecule has 0 aliphatic carbocycles. The molecular formula is C17H18ClNO2. The SMILES string of the molecule is CN(CCc1ccccc1C(=O)O)Cc1cccc(Cl)c1. The van der Waals surface area contributed by atoms with E-state index in [2.05, 4.69) is 4.90 Å². The van der Waals surface area contributed by atoms with Gasteiger partial charge in [0.05, 0.1) is 5.56 Å². The normalized spacial score (nSPS) is 10.8. The first-order valence-corrected chi connectivity index (χ1v) is 7.18. The zero-order chi connectivity index (χ0) is 15.2. The smallest absolute Gasteiger partial charge is 0.335 e. The third kappa shape index (κ3) is 4.59. The van der Waals surface area contributed by atoms with Crippen LogP contribution >= 0.6 is 11.6 Å². The summed E-state index contributed by atoms with van der Waals surface area (Å²) in [5, 5.41) is 9.90. The second kappa shape index (κ2) is 7.25. The van der Waals surface area contributed by atoms with Crippen molar-refractivity contribution in [3.63, 3.8) is 0 Å². The largest absolute Gasteiger partial charge is 0.478 e. The molecule has 110 valence electrons. The minimum absolute atomic E-state index is 0.383. The first-order valence-electron chi connectivity index (χ1n) is 6.80. The molecule has 0 aromatic heterocycles. The maximum atomic E-state index is 11.2. The second-order valence-electron chi connectivity index (χ2n) is 5.08. The van der Waals surface area contributed by atoms with Gasteiger partial charge in [-0.05, 0) is 42.8 Å². The van der Waals surface area contributed by atoms with E-state index in [0.29, 0.717) is 12.0 Å². The van der Waals surface area contributed by atoms with Crippen LogP contribution in [-0.4, -0.2) is 29.6 Å². The van der Waals surface area contributed by atoms with E-state index in [1.165, 1.54) is 0 Å². The average Bonchev–Trinajstić information content (AvgIpc) is 2.45. The molecule has 4 heteroatoms. The van der Waals surface area contributed by atoms with E-state index in [1.807, 2.05) is 43.4 Å². The molecule has 0 radical (unpaired) electrons. The average molecular weight is 304 g/mol. The third-order valence-electron chi connectivity index (χ3n) is 3.35. The van der Waals surface area contributed by atoms with Gasteiger partial charge in [0, 0.05) is 18.1 Å². The minimum Gasteiger partial charge on any atom is -0.478 e. The molecule has 0 saturated heterocycles. The van der Waals surface area contributed by atoms with Crippen LogP contribution in [0.5, 0.6) is 0 Å². The van der Waals surface area contributed by atoms with Crippen LogP contribution in [-0.2, 0) is 13.0 Å². The Kier molecular flexibility index (Phi) is 5.37. The van der Waals surface area contributed by atoms with Crippen molar-refractivity contribution in [2.45, 2.75) is 13.0 Å². The summed E-state index contributed by atoms with van der Waals surface area (Å²) >= 11 is 5.97. The van der Waals surface area contributed by atoms with Crippen molar-refractivity contribution in [3.8, 4) is 0 Å². The highest BCUT2D eigenvalue weighted by Gasteiger charge is 2.09. The topological polar surface area (TPSA) is 40.5 Å². The van der Waals surface area contributed by atoms with Crippen molar-refractivity contribution in [2.75, 3.05) is 13.6 Å². The Morgan fingerprint density at radius 1 is 1.19 bits per heavy atom. The van der Waals surface area contributed by atoms with Gasteiger partial charge in [0.2, 0.25) is 0 Å². The van der Waals surface area contributed by atoms with Crippen molar-refractivity contribution in [3.05, 3.63) is 70.2 Å². The Morgan fingerprint density at radius 3 is 2.67 bits per heavy atom. The van der Waals surface area contributed by atoms with Gasteiger partial charge >= 0.3 is 5.97 Å². The quantitative estimate of drug-likeness (QED) is 0.884. The number of carboxylic acids is 1. The summed E-state index contributed by atoms with van der Waals surface area (Å²) in [5.41, 5.74) is 2.40. The number of rotatable bonds is 6. The molecule has 0 atom stereocenters. The predicted molar refractivity (Wildman–Crippen MR) is 84.9 cm³/mol. The van der Waals surface area contributed by atoms with Crippen LogP contribution in [0.25, 0.3) is 0 Å². The van der Waals surface area contributed by atoms with Crippen LogP contribution in [0.2, 0.25) is 5.02 Å². The molecule has 0 heterocycles. The molecule has 1 N–H and O–H groups in total. The Bertz CT molecular complexity index is 628. The Labute approximate surface area is 129 Å². The summed E-state index contributed by atoms with van der Waals surface area (Å²) in [5.74, 6) is -0.872. The van der Waals surface area contributed by atoms with Gasteiger partial charge in [-0.1, -0.05) is 41.9 Å². The van der Waals surface area contributed by atoms with Crippen molar-refractivity contribution in [1.82, 2.24) is 4.90 Å². The fourth-order valence-corrected chi connectivity index (χ4v) is 2.50. The van der Waals surface area contributed by atoms with E-state index in [0.717, 1.165) is 29.2 Å². The van der Waals surface area contributed by atoms with Gasteiger partial charge < -0.3 is 10.0 Å². The zero-order valence-corrected chi connectivity index (χ0v) is 12.7. The Balaban J connectivity index is 1.95. The minimum atomic E-state index is -0.872. The number of likely N-dealkylation sites (N-methyl/N-ethyl adjacent to an activating group) is 1. The van der Waals surface area contributed by atoms with Crippen molar-refractivity contribution in [1.29, 1.82) is 0 Å². The third-order valence-corrected chi connectivity index (χ3v) is 3.59. The number of carboxylic acid groups (broad SMARTS) is 1. The Morgan fingerprint density at radius 2 is 1.95 bits per heavy atom. The van der Waals surface area contributed by atoms with Crippen LogP contribution in [0.15, 0.2) is 48.5 Å². The lowest BCUT2D eigenvalue weighted by molar-refractivity contribution is 0.0695. The second-order valence-corrected chi connectivity index (χ2v) is 5.52. The molecule has 2 aromatic rings. The highest BCUT2D eigenvalue weighted by atomic mass is 35.5. The molecule has 0 amide bonds. The molecule has 2 aromatic carbocycles. The van der Waals surface area contributed by atoms with Crippen LogP contribution < -0.4 is 0 Å². The van der Waals surface area contributed by atoms with E-state index in [9.17, 15) is 4.79 Å². The number of halogens is 1. The monoisotopic (exact) mass is 303 g/mol. The van der Waals surface area contributed by atoms with E-state index >= 15 is 0 Å². The lowest BCUT2D eigenvalue weighted by Gasteiger charge is -2.17. The van der Waals surface area contributed by atoms with Gasteiger partial charge in [-0.15, -0.1) is 0 Å². The molecule has 2 rings (SSSR count). The first-order chi connectivity index (χ1) is 10.1. The lowest BCUT2D eigenvalue weighted by atomic mass is 10.0. The standard InChI is InChI=1S/C17H18ClNO2/c1-19(12-13-5-4-7-15(18)11-13)10-9-14-6-2-3-8-16(14)17(20)21/h2-8,11H,9-10,12H2,1H3,(H,20,21). The van der Waals surface area contributed by atoms with E-state index in [1.54, 1.807) is 12.1 Å². The highest BCUT2D eigenvalue weighted by molar-refractivity contribution is 6.30. The number of benzene rings is 2. The molecular weight excluding hydrogens is 286 g/mol. The summed E-state index contributed by atoms with van der Waals surface area (Å²) in [7, 11) is 2.02. The fraction of sp³-hybridized carbons (Fsp3) is 0.235. The maximum absolute atomic E-state index is 11.2. The molecule has 0 fully saturated rings. The van der Waals surface area contributed by atoms with Gasteiger partial charge in [0.15, 0.2) is 0 Å². The molecule has 0 saturated carbocycles. The summed E-state index contributed by atoms with van der Waals surface area (Å²) in [4.78, 5) is 13.3. The number of hydrogen-bond acceptors (Lipinski definition) is 2. The number of aromatic carboxylic acids is 1. The van der Waals surface area contributed by atoms with E-state index in [4.69, 9.17) is 16.7 Å². The van der Waals surface area contributed by atoms with Gasteiger partial charge in [0.25, 0.3) is 0 Å². The number of hydrogen-bond donors (Lipinski definition) is 1. The lowest BCUT2D eigenvalue weighted by Crippen LogP contribution is -2.21. The van der Waals surface area contributed by atoms with Crippen LogP contribution in [0.1, 0.15) is 21.5 Å². The molecule has 0 aliphatic heterocycles. The summed E-state index contributed by atoms with van der Waals surface area (Å²) in [6, 6.07) is 14.9. The summed E-state index contributed by atoms with van der Waals surface area (Å²) < 4.78 is 0. The van der Waals surface area contributed by atoms with Crippen LogP contribution in [0.3, 0.4) is 0 Å². The van der Waals surface area contributed by atoms with Gasteiger partial charge in [-0.25, -0.2) is 4.79 Å². The first kappa shape index (κ1) is 15.5. The number of nitrogens with zero attached hydrogens (tertiary/aromatic N) is 1. The van der Waals surface area contributed by atoms with Gasteiger partial charge in [0.1, 0.15) is 0 Å². The van der Waals surface area contributed by atoms with Crippen molar-refractivity contribution >= 4 is 17.6 Å². The summed E-state index contributed by atoms with van der Waals surface area (Å²) in [6.45, 7) is 1.58. The number of carbonyl (C=O) groups is 1. The van der Waals surface area contributed by atoms with Gasteiger partial charge in [-0.2, -0.15) is 0 Å². The molecule has 3 nitrogen and oxygen atoms in total. The maximum Gasteiger partial charge on any atom is 0.335 e. The van der Waals surface area contributed by atoms with Gasteiger partial charge in [-0.3, -0.25) is 0 Å². The zero-order valence-electron chi connectivity index (χ0n) is 11.9. The highest BCUT2D eigenvalue weighted by Crippen LogP contribution is 2.13. The molecule has 0 spiro atoms. The van der Waals surface area contributed by atoms with E-state index < -0.39 is 5.97 Å². The molecule has 0 bridgehead atoms. The molecule has 21 heavy (non-hydrogen) atoms. The molecule has 0 unspecified atom stereocenters. The van der Waals surface area contributed by atoms with Crippen LogP contribution in [0.4, 0.5) is 0 Å².